The van der Waals surface area contributed by atoms with Crippen molar-refractivity contribution in [3.05, 3.63) is 39.9 Å². The topological polar surface area (TPSA) is 74.7 Å². The van der Waals surface area contributed by atoms with E-state index < -0.39 is 0 Å². The molecule has 0 fully saturated rings. The summed E-state index contributed by atoms with van der Waals surface area (Å²) in [5.74, 6) is -0.517. The molecule has 2 aromatic rings. The highest BCUT2D eigenvalue weighted by atomic mass is 35.5. The van der Waals surface area contributed by atoms with Crippen molar-refractivity contribution in [2.45, 2.75) is 26.7 Å². The molecule has 6 nitrogen and oxygen atoms in total. The molecule has 0 atom stereocenters. The molecule has 24 heavy (non-hydrogen) atoms. The molecule has 0 aliphatic carbocycles. The second kappa shape index (κ2) is 6.70. The van der Waals surface area contributed by atoms with Gasteiger partial charge in [-0.2, -0.15) is 5.10 Å². The average molecular weight is 363 g/mol. The molecule has 1 aliphatic rings. The molecule has 1 aromatic carbocycles. The van der Waals surface area contributed by atoms with Crippen LogP contribution in [0.4, 0.5) is 10.8 Å². The van der Waals surface area contributed by atoms with Crippen LogP contribution in [0, 0.1) is 13.8 Å². The Morgan fingerprint density at radius 1 is 1.33 bits per heavy atom. The van der Waals surface area contributed by atoms with Crippen LogP contribution in [-0.4, -0.2) is 22.5 Å². The van der Waals surface area contributed by atoms with Gasteiger partial charge in [0.05, 0.1) is 11.4 Å². The van der Waals surface area contributed by atoms with Crippen LogP contribution >= 0.6 is 22.9 Å². The van der Waals surface area contributed by atoms with Gasteiger partial charge in [-0.3, -0.25) is 14.9 Å². The van der Waals surface area contributed by atoms with Gasteiger partial charge in [-0.25, -0.2) is 9.99 Å². The number of thiazole rings is 1. The number of aromatic nitrogens is 1. The van der Waals surface area contributed by atoms with E-state index in [-0.39, 0.29) is 18.2 Å². The van der Waals surface area contributed by atoms with E-state index in [1.807, 2.05) is 25.3 Å². The van der Waals surface area contributed by atoms with Crippen molar-refractivity contribution in [2.24, 2.45) is 5.10 Å². The van der Waals surface area contributed by atoms with Gasteiger partial charge < -0.3 is 0 Å². The van der Waals surface area contributed by atoms with Crippen molar-refractivity contribution in [1.82, 2.24) is 4.98 Å². The Kier molecular flexibility index (Phi) is 4.64. The smallest absolute Gasteiger partial charge is 0.273 e. The Balaban J connectivity index is 1.84. The number of hydrazone groups is 1. The van der Waals surface area contributed by atoms with Gasteiger partial charge in [-0.1, -0.05) is 17.7 Å². The highest BCUT2D eigenvalue weighted by Gasteiger charge is 2.26. The van der Waals surface area contributed by atoms with Crippen LogP contribution in [0.25, 0.3) is 0 Å². The number of rotatable bonds is 3. The lowest BCUT2D eigenvalue weighted by Gasteiger charge is -2.23. The number of hydrogen-bond acceptors (Lipinski definition) is 5. The minimum Gasteiger partial charge on any atom is -0.297 e. The number of nitrogens with one attached hydrogen (secondary N) is 1. The monoisotopic (exact) mass is 362 g/mol. The van der Waals surface area contributed by atoms with Crippen LogP contribution in [0.1, 0.15) is 24.1 Å². The number of nitrogens with zero attached hydrogens (tertiary/aromatic N) is 3. The fourth-order valence-corrected chi connectivity index (χ4v) is 3.07. The number of amides is 2. The largest absolute Gasteiger partial charge is 0.297 e. The molecule has 0 radical (unpaired) electrons. The Hall–Kier alpha value is -2.25. The van der Waals surface area contributed by atoms with Crippen LogP contribution in [0.15, 0.2) is 28.7 Å². The summed E-state index contributed by atoms with van der Waals surface area (Å²) in [6, 6.07) is 5.24. The van der Waals surface area contributed by atoms with Gasteiger partial charge in [-0.15, -0.1) is 11.3 Å². The van der Waals surface area contributed by atoms with Crippen molar-refractivity contribution in [3.8, 4) is 0 Å². The standard InChI is InChI=1S/C16H15ClN4O2S/c1-9-3-4-11(7-12(9)17)21-14(22)6-5-13(20-21)15(23)19-16-18-10(2)8-24-16/h3-4,7-8H,5-6H2,1-2H3,(H,18,19,23). The molecule has 0 saturated carbocycles. The van der Waals surface area contributed by atoms with Crippen molar-refractivity contribution in [2.75, 3.05) is 10.3 Å². The first-order valence-corrected chi connectivity index (χ1v) is 8.60. The maximum absolute atomic E-state index is 12.3. The number of hydrogen-bond donors (Lipinski definition) is 1. The number of benzene rings is 1. The van der Waals surface area contributed by atoms with Gasteiger partial charge in [0.2, 0.25) is 5.91 Å². The quantitative estimate of drug-likeness (QED) is 0.907. The number of anilines is 2. The summed E-state index contributed by atoms with van der Waals surface area (Å²) in [6.07, 6.45) is 0.514. The van der Waals surface area contributed by atoms with Gasteiger partial charge in [0.15, 0.2) is 5.13 Å². The molecule has 0 spiro atoms. The molecular weight excluding hydrogens is 348 g/mol. The highest BCUT2D eigenvalue weighted by Crippen LogP contribution is 2.26. The van der Waals surface area contributed by atoms with Gasteiger partial charge in [0, 0.05) is 23.2 Å². The van der Waals surface area contributed by atoms with E-state index >= 15 is 0 Å². The first-order chi connectivity index (χ1) is 11.4. The zero-order valence-corrected chi connectivity index (χ0v) is 14.7. The van der Waals surface area contributed by atoms with Gasteiger partial charge >= 0.3 is 0 Å². The Bertz CT molecular complexity index is 846. The summed E-state index contributed by atoms with van der Waals surface area (Å²) in [5.41, 5.74) is 2.59. The third-order valence-electron chi connectivity index (χ3n) is 3.53. The predicted octanol–water partition coefficient (Wildman–Crippen LogP) is 3.53. The Morgan fingerprint density at radius 3 is 2.79 bits per heavy atom. The lowest BCUT2D eigenvalue weighted by atomic mass is 10.1. The number of carbonyl (C=O) groups is 2. The van der Waals surface area contributed by atoms with E-state index in [1.165, 1.54) is 16.3 Å². The number of carbonyl (C=O) groups excluding carboxylic acids is 2. The molecule has 1 N–H and O–H groups in total. The van der Waals surface area contributed by atoms with Crippen molar-refractivity contribution >= 4 is 51.3 Å². The summed E-state index contributed by atoms with van der Waals surface area (Å²) >= 11 is 7.46. The second-order valence-corrected chi connectivity index (χ2v) is 6.70. The van der Waals surface area contributed by atoms with Crippen LogP contribution in [0.2, 0.25) is 5.02 Å². The lowest BCUT2D eigenvalue weighted by Crippen LogP contribution is -2.36. The molecule has 0 saturated heterocycles. The predicted molar refractivity (Wildman–Crippen MR) is 95.8 cm³/mol. The Labute approximate surface area is 148 Å². The third kappa shape index (κ3) is 3.47. The van der Waals surface area contributed by atoms with E-state index in [9.17, 15) is 9.59 Å². The third-order valence-corrected chi connectivity index (χ3v) is 4.82. The van der Waals surface area contributed by atoms with Crippen molar-refractivity contribution in [1.29, 1.82) is 0 Å². The highest BCUT2D eigenvalue weighted by molar-refractivity contribution is 7.14. The van der Waals surface area contributed by atoms with E-state index in [0.29, 0.717) is 28.0 Å². The zero-order valence-electron chi connectivity index (χ0n) is 13.2. The van der Waals surface area contributed by atoms with E-state index in [0.717, 1.165) is 11.3 Å². The minimum atomic E-state index is -0.347. The molecule has 8 heteroatoms. The molecular formula is C16H15ClN4O2S. The van der Waals surface area contributed by atoms with Crippen LogP contribution in [-0.2, 0) is 9.59 Å². The molecule has 2 heterocycles. The SMILES string of the molecule is Cc1csc(NC(=O)C2=NN(c3ccc(C)c(Cl)c3)C(=O)CC2)n1. The maximum atomic E-state index is 12.3. The number of halogens is 1. The van der Waals surface area contributed by atoms with E-state index in [4.69, 9.17) is 11.6 Å². The van der Waals surface area contributed by atoms with Crippen molar-refractivity contribution in [3.63, 3.8) is 0 Å². The molecule has 124 valence electrons. The van der Waals surface area contributed by atoms with Gasteiger partial charge in [-0.05, 0) is 31.5 Å². The molecule has 3 rings (SSSR count). The second-order valence-electron chi connectivity index (χ2n) is 5.43. The van der Waals surface area contributed by atoms with Crippen LogP contribution < -0.4 is 10.3 Å². The molecule has 2 amide bonds. The minimum absolute atomic E-state index is 0.170. The fraction of sp³-hybridized carbons (Fsp3) is 0.250. The summed E-state index contributed by atoms with van der Waals surface area (Å²) in [4.78, 5) is 28.7. The van der Waals surface area contributed by atoms with Crippen molar-refractivity contribution < 1.29 is 9.59 Å². The summed E-state index contributed by atoms with van der Waals surface area (Å²) in [7, 11) is 0. The first kappa shape index (κ1) is 16.6. The zero-order chi connectivity index (χ0) is 17.3. The fourth-order valence-electron chi connectivity index (χ4n) is 2.21. The normalized spacial score (nSPS) is 14.5. The first-order valence-electron chi connectivity index (χ1n) is 7.34. The lowest BCUT2D eigenvalue weighted by molar-refractivity contribution is -0.118. The maximum Gasteiger partial charge on any atom is 0.273 e. The van der Waals surface area contributed by atoms with Gasteiger partial charge in [0.25, 0.3) is 5.91 Å². The molecule has 0 unspecified atom stereocenters. The van der Waals surface area contributed by atoms with E-state index in [2.05, 4.69) is 15.4 Å². The average Bonchev–Trinajstić information content (AvgIpc) is 2.95. The van der Waals surface area contributed by atoms with E-state index in [1.54, 1.807) is 12.1 Å². The Morgan fingerprint density at radius 2 is 2.12 bits per heavy atom. The summed E-state index contributed by atoms with van der Waals surface area (Å²) in [6.45, 7) is 3.73. The van der Waals surface area contributed by atoms with Gasteiger partial charge in [0.1, 0.15) is 5.71 Å². The molecule has 1 aliphatic heterocycles. The number of aryl methyl sites for hydroxylation is 2. The van der Waals surface area contributed by atoms with Crippen LogP contribution in [0.3, 0.4) is 0 Å². The molecule has 1 aromatic heterocycles. The summed E-state index contributed by atoms with van der Waals surface area (Å²) < 4.78 is 0. The molecule has 0 bridgehead atoms. The summed E-state index contributed by atoms with van der Waals surface area (Å²) in [5, 5.41) is 11.1. The van der Waals surface area contributed by atoms with Crippen LogP contribution in [0.5, 0.6) is 0 Å².